The maximum atomic E-state index is 3.84. The second-order valence-electron chi connectivity index (χ2n) is 7.89. The molecule has 0 bridgehead atoms. The van der Waals surface area contributed by atoms with Gasteiger partial charge in [-0.05, 0) is 50.5 Å². The highest BCUT2D eigenvalue weighted by Gasteiger charge is 2.30. The Balaban J connectivity index is 1.92. The number of hydrogen-bond donors (Lipinski definition) is 1. The third kappa shape index (κ3) is 5.56. The Hall–Kier alpha value is -0.0800. The van der Waals surface area contributed by atoms with Gasteiger partial charge >= 0.3 is 0 Å². The van der Waals surface area contributed by atoms with Gasteiger partial charge in [0.1, 0.15) is 0 Å². The van der Waals surface area contributed by atoms with Gasteiger partial charge in [0, 0.05) is 25.2 Å². The Kier molecular flexibility index (Phi) is 7.53. The first-order valence-electron chi connectivity index (χ1n) is 9.68. The summed E-state index contributed by atoms with van der Waals surface area (Å²) in [6.45, 7) is 10.9. The van der Waals surface area contributed by atoms with Crippen LogP contribution >= 0.6 is 0 Å². The predicted octanol–water partition coefficient (Wildman–Crippen LogP) is 4.45. The molecule has 2 fully saturated rings. The molecule has 0 saturated heterocycles. The van der Waals surface area contributed by atoms with E-state index in [1.807, 2.05) is 0 Å². The van der Waals surface area contributed by atoms with Gasteiger partial charge in [-0.1, -0.05) is 46.5 Å². The van der Waals surface area contributed by atoms with Crippen molar-refractivity contribution in [3.63, 3.8) is 0 Å². The van der Waals surface area contributed by atoms with Crippen LogP contribution in [0.1, 0.15) is 78.6 Å². The molecule has 2 rings (SSSR count). The molecule has 0 aromatic carbocycles. The van der Waals surface area contributed by atoms with Gasteiger partial charge in [-0.15, -0.1) is 0 Å². The number of hydrogen-bond acceptors (Lipinski definition) is 2. The van der Waals surface area contributed by atoms with Crippen LogP contribution in [0.5, 0.6) is 0 Å². The normalized spacial score (nSPS) is 27.9. The second-order valence-corrected chi connectivity index (χ2v) is 7.89. The van der Waals surface area contributed by atoms with E-state index in [1.54, 1.807) is 0 Å². The van der Waals surface area contributed by atoms with Crippen LogP contribution in [0.25, 0.3) is 0 Å². The lowest BCUT2D eigenvalue weighted by Crippen LogP contribution is -2.47. The molecule has 2 aliphatic carbocycles. The zero-order valence-corrected chi connectivity index (χ0v) is 14.7. The molecule has 2 aliphatic rings. The molecule has 0 aliphatic heterocycles. The first-order valence-corrected chi connectivity index (χ1v) is 9.68. The summed E-state index contributed by atoms with van der Waals surface area (Å²) in [7, 11) is 0. The molecule has 2 unspecified atom stereocenters. The zero-order chi connectivity index (χ0) is 15.1. The second kappa shape index (κ2) is 9.15. The fourth-order valence-corrected chi connectivity index (χ4v) is 4.44. The molecule has 2 saturated carbocycles. The van der Waals surface area contributed by atoms with Crippen LogP contribution in [0.4, 0.5) is 0 Å². The highest BCUT2D eigenvalue weighted by Crippen LogP contribution is 2.30. The number of nitrogens with one attached hydrogen (secondary N) is 1. The Morgan fingerprint density at radius 2 is 1.67 bits per heavy atom. The van der Waals surface area contributed by atoms with E-state index in [1.165, 1.54) is 77.4 Å². The molecular formula is C19H38N2. The van der Waals surface area contributed by atoms with Crippen LogP contribution in [0.15, 0.2) is 0 Å². The van der Waals surface area contributed by atoms with Gasteiger partial charge in [-0.3, -0.25) is 4.90 Å². The maximum absolute atomic E-state index is 3.84. The summed E-state index contributed by atoms with van der Waals surface area (Å²) < 4.78 is 0. The van der Waals surface area contributed by atoms with Crippen molar-refractivity contribution in [2.45, 2.75) is 90.6 Å². The molecule has 2 nitrogen and oxygen atoms in total. The smallest absolute Gasteiger partial charge is 0.0107 e. The molecule has 21 heavy (non-hydrogen) atoms. The Bertz CT molecular complexity index is 271. The summed E-state index contributed by atoms with van der Waals surface area (Å²) in [4.78, 5) is 2.87. The molecule has 0 radical (unpaired) electrons. The van der Waals surface area contributed by atoms with E-state index in [9.17, 15) is 0 Å². The highest BCUT2D eigenvalue weighted by atomic mass is 15.2. The van der Waals surface area contributed by atoms with Gasteiger partial charge in [-0.25, -0.2) is 0 Å². The summed E-state index contributed by atoms with van der Waals surface area (Å²) in [5.74, 6) is 1.70. The maximum Gasteiger partial charge on any atom is 0.0107 e. The van der Waals surface area contributed by atoms with Crippen molar-refractivity contribution in [1.29, 1.82) is 0 Å². The van der Waals surface area contributed by atoms with E-state index >= 15 is 0 Å². The highest BCUT2D eigenvalue weighted by molar-refractivity contribution is 4.86. The minimum Gasteiger partial charge on any atom is -0.314 e. The van der Waals surface area contributed by atoms with Gasteiger partial charge < -0.3 is 5.32 Å². The van der Waals surface area contributed by atoms with Crippen LogP contribution in [0.3, 0.4) is 0 Å². The molecule has 1 N–H and O–H groups in total. The van der Waals surface area contributed by atoms with Crippen molar-refractivity contribution < 1.29 is 0 Å². The molecule has 0 aromatic rings. The third-order valence-corrected chi connectivity index (χ3v) is 5.48. The van der Waals surface area contributed by atoms with Crippen molar-refractivity contribution in [1.82, 2.24) is 10.2 Å². The SMILES string of the molecule is CCCNC1CCCCC1CN(CC(C)C)C1CCCC1. The lowest BCUT2D eigenvalue weighted by Gasteiger charge is -2.39. The zero-order valence-electron chi connectivity index (χ0n) is 14.7. The van der Waals surface area contributed by atoms with Crippen LogP contribution in [-0.2, 0) is 0 Å². The predicted molar refractivity (Wildman–Crippen MR) is 92.7 cm³/mol. The minimum absolute atomic E-state index is 0.787. The summed E-state index contributed by atoms with van der Waals surface area (Å²) in [6.07, 6.45) is 12.8. The van der Waals surface area contributed by atoms with Crippen molar-refractivity contribution in [3.8, 4) is 0 Å². The Morgan fingerprint density at radius 3 is 2.33 bits per heavy atom. The third-order valence-electron chi connectivity index (χ3n) is 5.48. The Morgan fingerprint density at radius 1 is 1.00 bits per heavy atom. The number of rotatable bonds is 8. The van der Waals surface area contributed by atoms with Crippen molar-refractivity contribution >= 4 is 0 Å². The quantitative estimate of drug-likeness (QED) is 0.711. The lowest BCUT2D eigenvalue weighted by molar-refractivity contribution is 0.117. The lowest BCUT2D eigenvalue weighted by atomic mass is 9.83. The van der Waals surface area contributed by atoms with Gasteiger partial charge in [0.2, 0.25) is 0 Å². The summed E-state index contributed by atoms with van der Waals surface area (Å²) in [6, 6.07) is 1.68. The van der Waals surface area contributed by atoms with Gasteiger partial charge in [0.25, 0.3) is 0 Å². The molecule has 0 spiro atoms. The van der Waals surface area contributed by atoms with E-state index in [0.29, 0.717) is 0 Å². The van der Waals surface area contributed by atoms with E-state index in [2.05, 4.69) is 31.0 Å². The topological polar surface area (TPSA) is 15.3 Å². The first kappa shape index (κ1) is 17.3. The largest absolute Gasteiger partial charge is 0.314 e. The average molecular weight is 295 g/mol. The van der Waals surface area contributed by atoms with Crippen molar-refractivity contribution in [2.24, 2.45) is 11.8 Å². The van der Waals surface area contributed by atoms with E-state index in [0.717, 1.165) is 23.9 Å². The molecule has 2 atom stereocenters. The molecule has 124 valence electrons. The van der Waals surface area contributed by atoms with Crippen LogP contribution in [0, 0.1) is 11.8 Å². The standard InChI is InChI=1S/C19H38N2/c1-4-13-20-19-12-8-5-9-17(19)15-21(14-16(2)3)18-10-6-7-11-18/h16-20H,4-15H2,1-3H3. The number of nitrogens with zero attached hydrogens (tertiary/aromatic N) is 1. The van der Waals surface area contributed by atoms with Crippen molar-refractivity contribution in [2.75, 3.05) is 19.6 Å². The van der Waals surface area contributed by atoms with Crippen LogP contribution in [-0.4, -0.2) is 36.6 Å². The molecule has 0 amide bonds. The van der Waals surface area contributed by atoms with Gasteiger partial charge in [-0.2, -0.15) is 0 Å². The van der Waals surface area contributed by atoms with E-state index in [-0.39, 0.29) is 0 Å². The van der Waals surface area contributed by atoms with Crippen LogP contribution < -0.4 is 5.32 Å². The Labute approximate surface area is 133 Å². The first-order chi connectivity index (χ1) is 10.2. The molecule has 0 aromatic heterocycles. The van der Waals surface area contributed by atoms with E-state index < -0.39 is 0 Å². The molecule has 0 heterocycles. The summed E-state index contributed by atoms with van der Waals surface area (Å²) >= 11 is 0. The molecule has 2 heteroatoms. The van der Waals surface area contributed by atoms with Crippen LogP contribution in [0.2, 0.25) is 0 Å². The fraction of sp³-hybridized carbons (Fsp3) is 1.00. The minimum atomic E-state index is 0.787. The summed E-state index contributed by atoms with van der Waals surface area (Å²) in [5, 5.41) is 3.84. The van der Waals surface area contributed by atoms with Gasteiger partial charge in [0.05, 0.1) is 0 Å². The average Bonchev–Trinajstić information content (AvgIpc) is 2.99. The molecular weight excluding hydrogens is 256 g/mol. The van der Waals surface area contributed by atoms with E-state index in [4.69, 9.17) is 0 Å². The fourth-order valence-electron chi connectivity index (χ4n) is 4.44. The monoisotopic (exact) mass is 294 g/mol. The van der Waals surface area contributed by atoms with Gasteiger partial charge in [0.15, 0.2) is 0 Å². The summed E-state index contributed by atoms with van der Waals surface area (Å²) in [5.41, 5.74) is 0. The van der Waals surface area contributed by atoms with Crippen molar-refractivity contribution in [3.05, 3.63) is 0 Å².